The third-order valence-corrected chi connectivity index (χ3v) is 7.51. The highest BCUT2D eigenvalue weighted by Gasteiger charge is 2.24. The van der Waals surface area contributed by atoms with Crippen molar-refractivity contribution in [2.24, 2.45) is 0 Å². The van der Waals surface area contributed by atoms with E-state index in [0.717, 1.165) is 29.7 Å². The Bertz CT molecular complexity index is 1190. The van der Waals surface area contributed by atoms with Crippen molar-refractivity contribution in [3.8, 4) is 0 Å². The first-order valence-electron chi connectivity index (χ1n) is 10.4. The number of carbonyl (C=O) groups is 1. The second-order valence-electron chi connectivity index (χ2n) is 7.96. The molecule has 5 nitrogen and oxygen atoms in total. The number of sulfonamides is 1. The number of hydrogen-bond acceptors (Lipinski definition) is 3. The standard InChI is InChI=1S/C25H26N2O3S/c1-19-9-15-23(16-10-19)31(29,30)26(2)18-20-11-13-22(14-12-20)25(28)27-17-5-7-21-6-3-4-8-24(21)27/h3-4,6,8-16H,5,7,17-18H2,1-2H3. The molecule has 0 saturated carbocycles. The van der Waals surface area contributed by atoms with Crippen LogP contribution in [0.2, 0.25) is 0 Å². The molecule has 0 atom stereocenters. The maximum absolute atomic E-state index is 13.1. The fraction of sp³-hybridized carbons (Fsp3) is 0.240. The molecule has 160 valence electrons. The molecular weight excluding hydrogens is 408 g/mol. The molecule has 0 fully saturated rings. The highest BCUT2D eigenvalue weighted by atomic mass is 32.2. The summed E-state index contributed by atoms with van der Waals surface area (Å²) >= 11 is 0. The number of amides is 1. The van der Waals surface area contributed by atoms with E-state index in [2.05, 4.69) is 6.07 Å². The Morgan fingerprint density at radius 3 is 2.35 bits per heavy atom. The largest absolute Gasteiger partial charge is 0.308 e. The highest BCUT2D eigenvalue weighted by Crippen LogP contribution is 2.28. The summed E-state index contributed by atoms with van der Waals surface area (Å²) in [5.74, 6) is -0.0284. The van der Waals surface area contributed by atoms with E-state index in [4.69, 9.17) is 0 Å². The summed E-state index contributed by atoms with van der Waals surface area (Å²) in [6.07, 6.45) is 1.93. The lowest BCUT2D eigenvalue weighted by Crippen LogP contribution is -2.35. The maximum atomic E-state index is 13.1. The number of benzene rings is 3. The molecule has 0 spiro atoms. The maximum Gasteiger partial charge on any atom is 0.258 e. The summed E-state index contributed by atoms with van der Waals surface area (Å²) < 4.78 is 27.0. The van der Waals surface area contributed by atoms with Gasteiger partial charge in [-0.25, -0.2) is 8.42 Å². The van der Waals surface area contributed by atoms with Gasteiger partial charge in [0.15, 0.2) is 0 Å². The quantitative estimate of drug-likeness (QED) is 0.598. The van der Waals surface area contributed by atoms with Gasteiger partial charge in [-0.15, -0.1) is 0 Å². The van der Waals surface area contributed by atoms with Crippen LogP contribution >= 0.6 is 0 Å². The van der Waals surface area contributed by atoms with Gasteiger partial charge in [0.2, 0.25) is 10.0 Å². The molecule has 0 N–H and O–H groups in total. The van der Waals surface area contributed by atoms with Gasteiger partial charge in [-0.1, -0.05) is 48.0 Å². The summed E-state index contributed by atoms with van der Waals surface area (Å²) in [6.45, 7) is 2.86. The third kappa shape index (κ3) is 4.40. The number of hydrogen-bond donors (Lipinski definition) is 0. The van der Waals surface area contributed by atoms with Gasteiger partial charge in [-0.3, -0.25) is 4.79 Å². The monoisotopic (exact) mass is 434 g/mol. The number of nitrogens with zero attached hydrogens (tertiary/aromatic N) is 2. The van der Waals surface area contributed by atoms with Crippen LogP contribution in [0, 0.1) is 6.92 Å². The lowest BCUT2D eigenvalue weighted by molar-refractivity contribution is 0.0985. The molecule has 0 aromatic heterocycles. The van der Waals surface area contributed by atoms with Crippen molar-refractivity contribution in [2.75, 3.05) is 18.5 Å². The molecule has 1 aliphatic heterocycles. The van der Waals surface area contributed by atoms with Gasteiger partial charge >= 0.3 is 0 Å². The summed E-state index contributed by atoms with van der Waals surface area (Å²) in [5.41, 5.74) is 4.62. The molecule has 0 unspecified atom stereocenters. The van der Waals surface area contributed by atoms with E-state index in [-0.39, 0.29) is 17.3 Å². The zero-order chi connectivity index (χ0) is 22.0. The molecular formula is C25H26N2O3S. The first-order chi connectivity index (χ1) is 14.9. The van der Waals surface area contributed by atoms with Crippen LogP contribution in [0.4, 0.5) is 5.69 Å². The molecule has 6 heteroatoms. The van der Waals surface area contributed by atoms with Gasteiger partial charge in [0.1, 0.15) is 0 Å². The summed E-state index contributed by atoms with van der Waals surface area (Å²) in [4.78, 5) is 15.2. The van der Waals surface area contributed by atoms with Crippen molar-refractivity contribution >= 4 is 21.6 Å². The van der Waals surface area contributed by atoms with Gasteiger partial charge in [0.25, 0.3) is 5.91 Å². The molecule has 3 aromatic carbocycles. The van der Waals surface area contributed by atoms with E-state index >= 15 is 0 Å². The van der Waals surface area contributed by atoms with Gasteiger partial charge < -0.3 is 4.90 Å². The Balaban J connectivity index is 1.49. The zero-order valence-corrected chi connectivity index (χ0v) is 18.6. The molecule has 1 heterocycles. The molecule has 0 saturated heterocycles. The van der Waals surface area contributed by atoms with E-state index in [0.29, 0.717) is 12.1 Å². The van der Waals surface area contributed by atoms with E-state index in [1.54, 1.807) is 43.4 Å². The molecule has 0 radical (unpaired) electrons. The minimum absolute atomic E-state index is 0.0284. The first-order valence-corrected chi connectivity index (χ1v) is 11.8. The van der Waals surface area contributed by atoms with Crippen LogP contribution < -0.4 is 4.90 Å². The van der Waals surface area contributed by atoms with E-state index in [1.165, 1.54) is 9.87 Å². The predicted octanol–water partition coefficient (Wildman–Crippen LogP) is 4.41. The Morgan fingerprint density at radius 2 is 1.65 bits per heavy atom. The average molecular weight is 435 g/mol. The highest BCUT2D eigenvalue weighted by molar-refractivity contribution is 7.89. The van der Waals surface area contributed by atoms with Crippen molar-refractivity contribution in [3.63, 3.8) is 0 Å². The first kappa shape index (κ1) is 21.3. The second kappa shape index (κ2) is 8.65. The third-order valence-electron chi connectivity index (χ3n) is 5.69. The van der Waals surface area contributed by atoms with Crippen LogP contribution in [0.5, 0.6) is 0 Å². The van der Waals surface area contributed by atoms with Crippen molar-refractivity contribution in [1.29, 1.82) is 0 Å². The molecule has 4 rings (SSSR count). The van der Waals surface area contributed by atoms with Crippen molar-refractivity contribution in [3.05, 3.63) is 95.1 Å². The minimum atomic E-state index is -3.57. The number of anilines is 1. The van der Waals surface area contributed by atoms with Crippen LogP contribution in [-0.2, 0) is 23.0 Å². The van der Waals surface area contributed by atoms with Gasteiger partial charge in [0, 0.05) is 31.4 Å². The van der Waals surface area contributed by atoms with Gasteiger partial charge in [-0.2, -0.15) is 4.31 Å². The van der Waals surface area contributed by atoms with E-state index in [9.17, 15) is 13.2 Å². The van der Waals surface area contributed by atoms with Crippen LogP contribution in [-0.4, -0.2) is 32.2 Å². The smallest absolute Gasteiger partial charge is 0.258 e. The van der Waals surface area contributed by atoms with Gasteiger partial charge in [0.05, 0.1) is 4.90 Å². The predicted molar refractivity (Wildman–Crippen MR) is 123 cm³/mol. The lowest BCUT2D eigenvalue weighted by atomic mass is 10.0. The summed E-state index contributed by atoms with van der Waals surface area (Å²) in [6, 6.07) is 22.1. The molecule has 1 amide bonds. The molecule has 3 aromatic rings. The van der Waals surface area contributed by atoms with Crippen LogP contribution in [0.25, 0.3) is 0 Å². The number of carbonyl (C=O) groups excluding carboxylic acids is 1. The normalized spacial score (nSPS) is 13.8. The van der Waals surface area contributed by atoms with Gasteiger partial charge in [-0.05, 0) is 61.2 Å². The number of para-hydroxylation sites is 1. The van der Waals surface area contributed by atoms with E-state index in [1.807, 2.05) is 42.2 Å². The number of fused-ring (bicyclic) bond motifs is 1. The molecule has 0 aliphatic carbocycles. The fourth-order valence-electron chi connectivity index (χ4n) is 3.89. The Morgan fingerprint density at radius 1 is 0.968 bits per heavy atom. The summed E-state index contributed by atoms with van der Waals surface area (Å²) in [5, 5.41) is 0. The zero-order valence-electron chi connectivity index (χ0n) is 17.8. The minimum Gasteiger partial charge on any atom is -0.308 e. The average Bonchev–Trinajstić information content (AvgIpc) is 2.79. The van der Waals surface area contributed by atoms with Crippen molar-refractivity contribution in [2.45, 2.75) is 31.2 Å². The van der Waals surface area contributed by atoms with Crippen molar-refractivity contribution < 1.29 is 13.2 Å². The van der Waals surface area contributed by atoms with E-state index < -0.39 is 10.0 Å². The Kier molecular flexibility index (Phi) is 5.94. The Labute approximate surface area is 184 Å². The Hall–Kier alpha value is -2.96. The number of aryl methyl sites for hydroxylation is 2. The van der Waals surface area contributed by atoms with Crippen molar-refractivity contribution in [1.82, 2.24) is 4.31 Å². The molecule has 31 heavy (non-hydrogen) atoms. The second-order valence-corrected chi connectivity index (χ2v) is 10.0. The topological polar surface area (TPSA) is 57.7 Å². The lowest BCUT2D eigenvalue weighted by Gasteiger charge is -2.29. The SMILES string of the molecule is Cc1ccc(S(=O)(=O)N(C)Cc2ccc(C(=O)N3CCCc4ccccc43)cc2)cc1. The van der Waals surface area contributed by atoms with Crippen LogP contribution in [0.1, 0.15) is 33.5 Å². The fourth-order valence-corrected chi connectivity index (χ4v) is 5.04. The molecule has 1 aliphatic rings. The molecule has 0 bridgehead atoms. The van der Waals surface area contributed by atoms with Crippen LogP contribution in [0.15, 0.2) is 77.7 Å². The number of rotatable bonds is 5. The van der Waals surface area contributed by atoms with Crippen LogP contribution in [0.3, 0.4) is 0 Å². The summed E-state index contributed by atoms with van der Waals surface area (Å²) in [7, 11) is -2.00.